The van der Waals surface area contributed by atoms with Crippen molar-refractivity contribution in [2.45, 2.75) is 19.9 Å². The first-order valence-corrected chi connectivity index (χ1v) is 6.48. The Morgan fingerprint density at radius 1 is 1.10 bits per heavy atom. The van der Waals surface area contributed by atoms with E-state index in [4.69, 9.17) is 5.26 Å². The summed E-state index contributed by atoms with van der Waals surface area (Å²) in [7, 11) is 0. The minimum atomic E-state index is -0.100. The fraction of sp³-hybridized carbons (Fsp3) is 0.176. The second kappa shape index (κ2) is 6.03. The van der Waals surface area contributed by atoms with E-state index in [-0.39, 0.29) is 11.9 Å². The lowest BCUT2D eigenvalue weighted by Crippen LogP contribution is -2.26. The van der Waals surface area contributed by atoms with E-state index in [0.29, 0.717) is 11.1 Å². The second-order valence-electron chi connectivity index (χ2n) is 4.79. The van der Waals surface area contributed by atoms with Crippen LogP contribution in [0.25, 0.3) is 0 Å². The van der Waals surface area contributed by atoms with Crippen LogP contribution in [0, 0.1) is 18.3 Å². The van der Waals surface area contributed by atoms with Crippen molar-refractivity contribution < 1.29 is 4.79 Å². The maximum absolute atomic E-state index is 12.1. The van der Waals surface area contributed by atoms with Crippen molar-refractivity contribution in [2.75, 3.05) is 0 Å². The van der Waals surface area contributed by atoms with Crippen LogP contribution in [0.1, 0.15) is 40.0 Å². The van der Waals surface area contributed by atoms with E-state index in [0.717, 1.165) is 11.1 Å². The molecule has 2 aromatic carbocycles. The summed E-state index contributed by atoms with van der Waals surface area (Å²) in [6.07, 6.45) is 0. The van der Waals surface area contributed by atoms with Crippen molar-refractivity contribution in [3.63, 3.8) is 0 Å². The third kappa shape index (κ3) is 3.24. The highest BCUT2D eigenvalue weighted by Crippen LogP contribution is 2.14. The first kappa shape index (κ1) is 13.8. The van der Waals surface area contributed by atoms with Crippen molar-refractivity contribution in [1.82, 2.24) is 5.32 Å². The number of hydrogen-bond acceptors (Lipinski definition) is 2. The normalized spacial score (nSPS) is 11.4. The van der Waals surface area contributed by atoms with Gasteiger partial charge in [0.05, 0.1) is 17.7 Å². The Bertz CT molecular complexity index is 636. The lowest BCUT2D eigenvalue weighted by atomic mass is 10.1. The van der Waals surface area contributed by atoms with Crippen molar-refractivity contribution in [1.29, 1.82) is 5.26 Å². The van der Waals surface area contributed by atoms with E-state index >= 15 is 0 Å². The molecule has 20 heavy (non-hydrogen) atoms. The Morgan fingerprint density at radius 3 is 2.25 bits per heavy atom. The molecule has 0 radical (unpaired) electrons. The molecule has 0 aliphatic carbocycles. The molecule has 0 heterocycles. The van der Waals surface area contributed by atoms with Crippen LogP contribution >= 0.6 is 0 Å². The molecule has 0 saturated carbocycles. The molecule has 100 valence electrons. The summed E-state index contributed by atoms with van der Waals surface area (Å²) in [4.78, 5) is 12.1. The number of amides is 1. The Balaban J connectivity index is 2.06. The molecule has 0 spiro atoms. The highest BCUT2D eigenvalue weighted by Gasteiger charge is 2.11. The number of nitrogens with one attached hydrogen (secondary N) is 1. The fourth-order valence-corrected chi connectivity index (χ4v) is 1.91. The standard InChI is InChI=1S/C17H16N2O/c1-12-3-7-16(8-4-12)17(20)19-13(2)15-9-5-14(11-18)6-10-15/h3-10,13H,1-2H3,(H,19,20). The van der Waals surface area contributed by atoms with Gasteiger partial charge < -0.3 is 5.32 Å². The van der Waals surface area contributed by atoms with Gasteiger partial charge in [0, 0.05) is 5.56 Å². The summed E-state index contributed by atoms with van der Waals surface area (Å²) in [6, 6.07) is 16.7. The average molecular weight is 264 g/mol. The number of nitriles is 1. The summed E-state index contributed by atoms with van der Waals surface area (Å²) in [6.45, 7) is 3.91. The predicted molar refractivity (Wildman–Crippen MR) is 78.2 cm³/mol. The van der Waals surface area contributed by atoms with Gasteiger partial charge in [-0.2, -0.15) is 5.26 Å². The minimum Gasteiger partial charge on any atom is -0.346 e. The van der Waals surface area contributed by atoms with E-state index in [9.17, 15) is 4.79 Å². The van der Waals surface area contributed by atoms with Gasteiger partial charge in [-0.15, -0.1) is 0 Å². The summed E-state index contributed by atoms with van der Waals surface area (Å²) in [5.74, 6) is -0.0955. The van der Waals surface area contributed by atoms with Gasteiger partial charge in [-0.3, -0.25) is 4.79 Å². The molecule has 1 unspecified atom stereocenters. The van der Waals surface area contributed by atoms with Crippen molar-refractivity contribution in [3.05, 3.63) is 70.8 Å². The van der Waals surface area contributed by atoms with Gasteiger partial charge in [0.25, 0.3) is 5.91 Å². The zero-order valence-electron chi connectivity index (χ0n) is 11.6. The molecule has 2 rings (SSSR count). The Hall–Kier alpha value is -2.60. The smallest absolute Gasteiger partial charge is 0.251 e. The van der Waals surface area contributed by atoms with Crippen LogP contribution in [0.5, 0.6) is 0 Å². The van der Waals surface area contributed by atoms with Crippen LogP contribution in [0.4, 0.5) is 0 Å². The number of carbonyl (C=O) groups excluding carboxylic acids is 1. The molecule has 3 nitrogen and oxygen atoms in total. The Kier molecular flexibility index (Phi) is 4.17. The molecule has 1 N–H and O–H groups in total. The van der Waals surface area contributed by atoms with Crippen LogP contribution < -0.4 is 5.32 Å². The molecule has 0 aromatic heterocycles. The van der Waals surface area contributed by atoms with Gasteiger partial charge in [0.15, 0.2) is 0 Å². The fourth-order valence-electron chi connectivity index (χ4n) is 1.91. The second-order valence-corrected chi connectivity index (χ2v) is 4.79. The molecule has 0 aliphatic rings. The highest BCUT2D eigenvalue weighted by atomic mass is 16.1. The van der Waals surface area contributed by atoms with Crippen LogP contribution in [-0.2, 0) is 0 Å². The largest absolute Gasteiger partial charge is 0.346 e. The molecular formula is C17H16N2O. The maximum Gasteiger partial charge on any atom is 0.251 e. The molecule has 0 bridgehead atoms. The quantitative estimate of drug-likeness (QED) is 0.924. The monoisotopic (exact) mass is 264 g/mol. The summed E-state index contributed by atoms with van der Waals surface area (Å²) >= 11 is 0. The Morgan fingerprint density at radius 2 is 1.70 bits per heavy atom. The van der Waals surface area contributed by atoms with E-state index in [1.165, 1.54) is 0 Å². The average Bonchev–Trinajstić information content (AvgIpc) is 2.48. The molecule has 0 saturated heterocycles. The lowest BCUT2D eigenvalue weighted by Gasteiger charge is -2.14. The van der Waals surface area contributed by atoms with Crippen LogP contribution in [-0.4, -0.2) is 5.91 Å². The van der Waals surface area contributed by atoms with Gasteiger partial charge in [-0.1, -0.05) is 29.8 Å². The predicted octanol–water partition coefficient (Wildman–Crippen LogP) is 3.36. The van der Waals surface area contributed by atoms with Crippen molar-refractivity contribution in [3.8, 4) is 6.07 Å². The maximum atomic E-state index is 12.1. The number of benzene rings is 2. The van der Waals surface area contributed by atoms with Crippen molar-refractivity contribution in [2.24, 2.45) is 0 Å². The van der Waals surface area contributed by atoms with Crippen LogP contribution in [0.15, 0.2) is 48.5 Å². The minimum absolute atomic E-state index is 0.0955. The van der Waals surface area contributed by atoms with Gasteiger partial charge in [-0.05, 0) is 43.7 Å². The molecular weight excluding hydrogens is 248 g/mol. The number of nitrogens with zero attached hydrogens (tertiary/aromatic N) is 1. The van der Waals surface area contributed by atoms with Gasteiger partial charge >= 0.3 is 0 Å². The van der Waals surface area contributed by atoms with Crippen LogP contribution in [0.3, 0.4) is 0 Å². The first-order chi connectivity index (χ1) is 9.60. The van der Waals surface area contributed by atoms with Crippen LogP contribution in [0.2, 0.25) is 0 Å². The third-order valence-corrected chi connectivity index (χ3v) is 3.20. The zero-order valence-corrected chi connectivity index (χ0v) is 11.6. The summed E-state index contributed by atoms with van der Waals surface area (Å²) in [5.41, 5.74) is 3.37. The molecule has 0 aliphatic heterocycles. The topological polar surface area (TPSA) is 52.9 Å². The highest BCUT2D eigenvalue weighted by molar-refractivity contribution is 5.94. The number of rotatable bonds is 3. The number of aryl methyl sites for hydroxylation is 1. The molecule has 1 atom stereocenters. The van der Waals surface area contributed by atoms with E-state index in [2.05, 4.69) is 11.4 Å². The SMILES string of the molecule is Cc1ccc(C(=O)NC(C)c2ccc(C#N)cc2)cc1. The number of hydrogen-bond donors (Lipinski definition) is 1. The van der Waals surface area contributed by atoms with Crippen molar-refractivity contribution >= 4 is 5.91 Å². The van der Waals surface area contributed by atoms with E-state index in [1.54, 1.807) is 12.1 Å². The molecule has 1 amide bonds. The van der Waals surface area contributed by atoms with Gasteiger partial charge in [0.2, 0.25) is 0 Å². The lowest BCUT2D eigenvalue weighted by molar-refractivity contribution is 0.0940. The summed E-state index contributed by atoms with van der Waals surface area (Å²) in [5, 5.41) is 11.7. The Labute approximate surface area is 118 Å². The third-order valence-electron chi connectivity index (χ3n) is 3.20. The number of carbonyl (C=O) groups is 1. The molecule has 2 aromatic rings. The van der Waals surface area contributed by atoms with Gasteiger partial charge in [0.1, 0.15) is 0 Å². The van der Waals surface area contributed by atoms with Gasteiger partial charge in [-0.25, -0.2) is 0 Å². The molecule has 0 fully saturated rings. The van der Waals surface area contributed by atoms with E-state index in [1.807, 2.05) is 50.2 Å². The molecule has 3 heteroatoms. The first-order valence-electron chi connectivity index (χ1n) is 6.48. The zero-order chi connectivity index (χ0) is 14.5. The van der Waals surface area contributed by atoms with E-state index < -0.39 is 0 Å². The summed E-state index contributed by atoms with van der Waals surface area (Å²) < 4.78 is 0.